The Balaban J connectivity index is 1.38. The van der Waals surface area contributed by atoms with Gasteiger partial charge in [0.05, 0.1) is 13.0 Å². The van der Waals surface area contributed by atoms with Crippen molar-refractivity contribution in [3.8, 4) is 11.5 Å². The van der Waals surface area contributed by atoms with Crippen LogP contribution in [0.25, 0.3) is 0 Å². The number of rotatable bonds is 8. The lowest BCUT2D eigenvalue weighted by Crippen LogP contribution is -2.49. The molecule has 1 aliphatic rings. The molecule has 1 amide bonds. The van der Waals surface area contributed by atoms with Gasteiger partial charge in [0.25, 0.3) is 0 Å². The first-order valence-electron chi connectivity index (χ1n) is 9.75. The molecular weight excluding hydrogens is 359 g/mol. The van der Waals surface area contributed by atoms with Crippen molar-refractivity contribution in [2.24, 2.45) is 0 Å². The topological polar surface area (TPSA) is 42.0 Å². The van der Waals surface area contributed by atoms with E-state index >= 15 is 0 Å². The quantitative estimate of drug-likeness (QED) is 0.700. The molecule has 1 aliphatic heterocycles. The minimum atomic E-state index is -0.341. The summed E-state index contributed by atoms with van der Waals surface area (Å²) in [6.07, 6.45) is 0.406. The minimum Gasteiger partial charge on any atom is -0.494 e. The zero-order valence-corrected chi connectivity index (χ0v) is 16.3. The fourth-order valence-electron chi connectivity index (χ4n) is 3.22. The average Bonchev–Trinajstić information content (AvgIpc) is 2.71. The number of nitrogens with zero attached hydrogens (tertiary/aromatic N) is 2. The number of amides is 1. The van der Waals surface area contributed by atoms with Crippen LogP contribution in [0.3, 0.4) is 0 Å². The number of hydrogen-bond acceptors (Lipinski definition) is 4. The van der Waals surface area contributed by atoms with Crippen LogP contribution in [-0.2, 0) is 11.2 Å². The molecule has 0 saturated carbocycles. The van der Waals surface area contributed by atoms with E-state index in [-0.39, 0.29) is 17.5 Å². The Bertz CT molecular complexity index is 759. The Labute approximate surface area is 165 Å². The third-order valence-corrected chi connectivity index (χ3v) is 4.82. The summed E-state index contributed by atoms with van der Waals surface area (Å²) in [5, 5.41) is 0. The van der Waals surface area contributed by atoms with Crippen LogP contribution in [0.2, 0.25) is 0 Å². The van der Waals surface area contributed by atoms with Gasteiger partial charge in [-0.1, -0.05) is 24.3 Å². The number of piperazine rings is 1. The summed E-state index contributed by atoms with van der Waals surface area (Å²) in [5.74, 6) is 0.912. The van der Waals surface area contributed by atoms with E-state index in [1.807, 2.05) is 36.1 Å². The monoisotopic (exact) mass is 386 g/mol. The molecule has 1 heterocycles. The molecule has 0 radical (unpaired) electrons. The van der Waals surface area contributed by atoms with E-state index in [4.69, 9.17) is 9.47 Å². The summed E-state index contributed by atoms with van der Waals surface area (Å²) < 4.78 is 24.5. The molecule has 6 heteroatoms. The van der Waals surface area contributed by atoms with Crippen molar-refractivity contribution in [1.29, 1.82) is 0 Å². The summed E-state index contributed by atoms with van der Waals surface area (Å²) in [4.78, 5) is 16.7. The molecule has 0 bridgehead atoms. The van der Waals surface area contributed by atoms with Crippen molar-refractivity contribution in [2.45, 2.75) is 13.3 Å². The van der Waals surface area contributed by atoms with Crippen molar-refractivity contribution >= 4 is 5.91 Å². The van der Waals surface area contributed by atoms with Gasteiger partial charge in [-0.15, -0.1) is 0 Å². The number of carbonyl (C=O) groups is 1. The normalized spacial score (nSPS) is 14.7. The second kappa shape index (κ2) is 10.1. The molecule has 0 atom stereocenters. The van der Waals surface area contributed by atoms with Crippen LogP contribution >= 0.6 is 0 Å². The number of halogens is 1. The number of ether oxygens (including phenoxy) is 2. The summed E-state index contributed by atoms with van der Waals surface area (Å²) >= 11 is 0. The smallest absolute Gasteiger partial charge is 0.227 e. The molecule has 0 aliphatic carbocycles. The van der Waals surface area contributed by atoms with Crippen LogP contribution in [0, 0.1) is 5.82 Å². The average molecular weight is 386 g/mol. The van der Waals surface area contributed by atoms with Gasteiger partial charge in [0.1, 0.15) is 12.4 Å². The number of benzene rings is 2. The van der Waals surface area contributed by atoms with Crippen LogP contribution in [0.1, 0.15) is 12.5 Å². The molecule has 150 valence electrons. The molecule has 0 spiro atoms. The maximum Gasteiger partial charge on any atom is 0.227 e. The third-order valence-electron chi connectivity index (χ3n) is 4.82. The second-order valence-electron chi connectivity index (χ2n) is 6.76. The van der Waals surface area contributed by atoms with Gasteiger partial charge in [-0.2, -0.15) is 0 Å². The molecule has 0 aromatic heterocycles. The SMILES string of the molecule is CCOc1ccc(CC(=O)N2CCN(CCOc3ccccc3F)CC2)cc1. The van der Waals surface area contributed by atoms with Crippen molar-refractivity contribution in [1.82, 2.24) is 9.80 Å². The molecule has 2 aromatic rings. The van der Waals surface area contributed by atoms with E-state index in [9.17, 15) is 9.18 Å². The highest BCUT2D eigenvalue weighted by Gasteiger charge is 2.21. The largest absolute Gasteiger partial charge is 0.494 e. The molecule has 0 unspecified atom stereocenters. The highest BCUT2D eigenvalue weighted by Crippen LogP contribution is 2.16. The van der Waals surface area contributed by atoms with Crippen LogP contribution < -0.4 is 9.47 Å². The second-order valence-corrected chi connectivity index (χ2v) is 6.76. The molecule has 1 saturated heterocycles. The van der Waals surface area contributed by atoms with Crippen LogP contribution in [0.4, 0.5) is 4.39 Å². The van der Waals surface area contributed by atoms with E-state index in [1.54, 1.807) is 18.2 Å². The molecule has 2 aromatic carbocycles. The molecule has 5 nitrogen and oxygen atoms in total. The third kappa shape index (κ3) is 5.70. The van der Waals surface area contributed by atoms with Crippen molar-refractivity contribution in [2.75, 3.05) is 45.9 Å². The lowest BCUT2D eigenvalue weighted by atomic mass is 10.1. The Morgan fingerprint density at radius 2 is 1.71 bits per heavy atom. The van der Waals surface area contributed by atoms with E-state index in [1.165, 1.54) is 6.07 Å². The maximum atomic E-state index is 13.5. The van der Waals surface area contributed by atoms with Gasteiger partial charge in [0.15, 0.2) is 11.6 Å². The lowest BCUT2D eigenvalue weighted by Gasteiger charge is -2.34. The van der Waals surface area contributed by atoms with Crippen LogP contribution in [0.5, 0.6) is 11.5 Å². The maximum absolute atomic E-state index is 13.5. The van der Waals surface area contributed by atoms with Gasteiger partial charge < -0.3 is 14.4 Å². The zero-order chi connectivity index (χ0) is 19.8. The predicted molar refractivity (Wildman–Crippen MR) is 106 cm³/mol. The Kier molecular flexibility index (Phi) is 7.25. The van der Waals surface area contributed by atoms with Gasteiger partial charge in [-0.3, -0.25) is 9.69 Å². The predicted octanol–water partition coefficient (Wildman–Crippen LogP) is 2.99. The fourth-order valence-corrected chi connectivity index (χ4v) is 3.22. The van der Waals surface area contributed by atoms with Crippen LogP contribution in [-0.4, -0.2) is 61.6 Å². The zero-order valence-electron chi connectivity index (χ0n) is 16.3. The lowest BCUT2D eigenvalue weighted by molar-refractivity contribution is -0.132. The Morgan fingerprint density at radius 3 is 2.39 bits per heavy atom. The van der Waals surface area contributed by atoms with Gasteiger partial charge in [0, 0.05) is 32.7 Å². The van der Waals surface area contributed by atoms with E-state index in [0.29, 0.717) is 32.7 Å². The summed E-state index contributed by atoms with van der Waals surface area (Å²) in [7, 11) is 0. The van der Waals surface area contributed by atoms with Crippen molar-refractivity contribution in [3.05, 3.63) is 59.9 Å². The van der Waals surface area contributed by atoms with Gasteiger partial charge in [-0.05, 0) is 36.8 Å². The molecule has 28 heavy (non-hydrogen) atoms. The van der Waals surface area contributed by atoms with E-state index in [2.05, 4.69) is 4.90 Å². The molecule has 1 fully saturated rings. The standard InChI is InChI=1S/C22H27FN2O3/c1-2-27-19-9-7-18(8-10-19)17-22(26)25-13-11-24(12-14-25)15-16-28-21-6-4-3-5-20(21)23/h3-10H,2,11-17H2,1H3. The summed E-state index contributed by atoms with van der Waals surface area (Å²) in [5.41, 5.74) is 0.995. The van der Waals surface area contributed by atoms with Gasteiger partial charge in [-0.25, -0.2) is 4.39 Å². The fraction of sp³-hybridized carbons (Fsp3) is 0.409. The van der Waals surface area contributed by atoms with E-state index in [0.717, 1.165) is 30.9 Å². The first-order valence-corrected chi connectivity index (χ1v) is 9.75. The minimum absolute atomic E-state index is 0.145. The van der Waals surface area contributed by atoms with Crippen LogP contribution in [0.15, 0.2) is 48.5 Å². The number of hydrogen-bond donors (Lipinski definition) is 0. The molecular formula is C22H27FN2O3. The number of carbonyl (C=O) groups excluding carboxylic acids is 1. The number of para-hydroxylation sites is 1. The van der Waals surface area contributed by atoms with Crippen molar-refractivity contribution in [3.63, 3.8) is 0 Å². The highest BCUT2D eigenvalue weighted by atomic mass is 19.1. The first-order chi connectivity index (χ1) is 13.7. The van der Waals surface area contributed by atoms with Gasteiger partial charge in [0.2, 0.25) is 5.91 Å². The van der Waals surface area contributed by atoms with E-state index < -0.39 is 0 Å². The molecule has 3 rings (SSSR count). The first kappa shape index (κ1) is 20.1. The summed E-state index contributed by atoms with van der Waals surface area (Å²) in [6, 6.07) is 14.1. The van der Waals surface area contributed by atoms with Gasteiger partial charge >= 0.3 is 0 Å². The Morgan fingerprint density at radius 1 is 1.00 bits per heavy atom. The highest BCUT2D eigenvalue weighted by molar-refractivity contribution is 5.79. The van der Waals surface area contributed by atoms with Crippen molar-refractivity contribution < 1.29 is 18.7 Å². The Hall–Kier alpha value is -2.60. The summed E-state index contributed by atoms with van der Waals surface area (Å²) in [6.45, 7) is 6.74. The molecule has 0 N–H and O–H groups in total.